The lowest BCUT2D eigenvalue weighted by Crippen LogP contribution is -2.67. The Labute approximate surface area is 143 Å². The molecule has 138 valence electrons. The molecule has 0 fully saturated rings. The Hall–Kier alpha value is -2.49. The van der Waals surface area contributed by atoms with Crippen LogP contribution in [0.25, 0.3) is 0 Å². The highest BCUT2D eigenvalue weighted by Gasteiger charge is 2.74. The van der Waals surface area contributed by atoms with Gasteiger partial charge in [0.1, 0.15) is 5.82 Å². The second kappa shape index (κ2) is 4.81. The van der Waals surface area contributed by atoms with Crippen LogP contribution in [0.2, 0.25) is 0 Å². The van der Waals surface area contributed by atoms with Gasteiger partial charge in [-0.15, -0.1) is 0 Å². The third kappa shape index (κ3) is 1.99. The molecule has 0 amide bonds. The number of benzene rings is 1. The maximum absolute atomic E-state index is 14.1. The van der Waals surface area contributed by atoms with Crippen LogP contribution in [0.4, 0.5) is 37.8 Å². The number of nitrogens with zero attached hydrogens (tertiary/aromatic N) is 1. The summed E-state index contributed by atoms with van der Waals surface area (Å²) in [4.78, 5) is 3.68. The summed E-state index contributed by atoms with van der Waals surface area (Å²) in [5.41, 5.74) is -7.72. The van der Waals surface area contributed by atoms with E-state index in [2.05, 4.69) is 15.6 Å². The van der Waals surface area contributed by atoms with Crippen LogP contribution in [-0.4, -0.2) is 17.3 Å². The SMILES string of the molecule is Cc1ccc2c(c1)C1(C(F)(F)F)Nc3ncccc3C(C(F)(F)F)(N2)O1. The van der Waals surface area contributed by atoms with Gasteiger partial charge in [0.05, 0.1) is 5.56 Å². The molecule has 0 saturated heterocycles. The number of pyridine rings is 1. The number of rotatable bonds is 0. The zero-order valence-electron chi connectivity index (χ0n) is 13.1. The molecule has 2 aliphatic heterocycles. The lowest BCUT2D eigenvalue weighted by atomic mass is 9.87. The van der Waals surface area contributed by atoms with Crippen LogP contribution in [0.5, 0.6) is 0 Å². The Morgan fingerprint density at radius 2 is 1.58 bits per heavy atom. The maximum Gasteiger partial charge on any atom is 0.441 e. The van der Waals surface area contributed by atoms with Gasteiger partial charge >= 0.3 is 12.4 Å². The molecule has 0 spiro atoms. The number of hydrogen-bond donors (Lipinski definition) is 2. The first-order valence-corrected chi connectivity index (χ1v) is 7.47. The van der Waals surface area contributed by atoms with E-state index >= 15 is 0 Å². The fourth-order valence-corrected chi connectivity index (χ4v) is 3.29. The first-order chi connectivity index (χ1) is 12.0. The van der Waals surface area contributed by atoms with Crippen LogP contribution in [0, 0.1) is 6.92 Å². The summed E-state index contributed by atoms with van der Waals surface area (Å²) in [7, 11) is 0. The largest absolute Gasteiger partial charge is 0.441 e. The van der Waals surface area contributed by atoms with Crippen LogP contribution in [0.15, 0.2) is 36.5 Å². The highest BCUT2D eigenvalue weighted by Crippen LogP contribution is 2.60. The minimum absolute atomic E-state index is 0.321. The molecule has 2 aromatic rings. The van der Waals surface area contributed by atoms with Crippen molar-refractivity contribution in [1.29, 1.82) is 0 Å². The van der Waals surface area contributed by atoms with Crippen molar-refractivity contribution in [2.75, 3.05) is 10.6 Å². The number of fused-ring (bicyclic) bond motifs is 6. The van der Waals surface area contributed by atoms with Gasteiger partial charge in [-0.3, -0.25) is 0 Å². The lowest BCUT2D eigenvalue weighted by molar-refractivity contribution is -0.369. The van der Waals surface area contributed by atoms with E-state index < -0.39 is 40.7 Å². The van der Waals surface area contributed by atoms with Crippen LogP contribution >= 0.6 is 0 Å². The number of alkyl halides is 6. The smallest absolute Gasteiger partial charge is 0.346 e. The molecule has 3 heterocycles. The molecule has 0 radical (unpaired) electrons. The summed E-state index contributed by atoms with van der Waals surface area (Å²) >= 11 is 0. The molecule has 2 N–H and O–H groups in total. The van der Waals surface area contributed by atoms with Gasteiger partial charge in [-0.25, -0.2) is 4.98 Å². The van der Waals surface area contributed by atoms with Gasteiger partial charge in [0.25, 0.3) is 11.4 Å². The predicted molar refractivity (Wildman–Crippen MR) is 79.2 cm³/mol. The molecule has 4 rings (SSSR count). The molecule has 2 unspecified atom stereocenters. The van der Waals surface area contributed by atoms with Crippen molar-refractivity contribution in [3.8, 4) is 0 Å². The van der Waals surface area contributed by atoms with E-state index in [9.17, 15) is 26.3 Å². The van der Waals surface area contributed by atoms with Crippen molar-refractivity contribution >= 4 is 11.5 Å². The van der Waals surface area contributed by atoms with Crippen LogP contribution < -0.4 is 10.6 Å². The van der Waals surface area contributed by atoms with E-state index in [-0.39, 0.29) is 5.69 Å². The number of nitrogens with one attached hydrogen (secondary N) is 2. The Balaban J connectivity index is 2.11. The summed E-state index contributed by atoms with van der Waals surface area (Å²) in [6, 6.07) is 5.96. The molecule has 26 heavy (non-hydrogen) atoms. The number of hydrogen-bond acceptors (Lipinski definition) is 4. The van der Waals surface area contributed by atoms with Crippen LogP contribution in [-0.2, 0) is 16.2 Å². The van der Waals surface area contributed by atoms with Gasteiger partial charge < -0.3 is 15.4 Å². The molecule has 4 nitrogen and oxygen atoms in total. The molecule has 1 aromatic carbocycles. The third-order valence-electron chi connectivity index (χ3n) is 4.45. The topological polar surface area (TPSA) is 46.2 Å². The molecular formula is C16H11F6N3O. The van der Waals surface area contributed by atoms with Gasteiger partial charge in [-0.1, -0.05) is 11.6 Å². The number of anilines is 2. The molecule has 2 bridgehead atoms. The zero-order valence-corrected chi connectivity index (χ0v) is 13.1. The Bertz CT molecular complexity index is 896. The van der Waals surface area contributed by atoms with Crippen molar-refractivity contribution < 1.29 is 31.1 Å². The van der Waals surface area contributed by atoms with E-state index in [4.69, 9.17) is 4.74 Å². The minimum Gasteiger partial charge on any atom is -0.346 e. The Morgan fingerprint density at radius 3 is 2.23 bits per heavy atom. The van der Waals surface area contributed by atoms with Crippen LogP contribution in [0.1, 0.15) is 16.7 Å². The van der Waals surface area contributed by atoms with Gasteiger partial charge in [-0.05, 0) is 31.2 Å². The Kier molecular flexibility index (Phi) is 3.14. The van der Waals surface area contributed by atoms with E-state index in [0.717, 1.165) is 18.3 Å². The van der Waals surface area contributed by atoms with Crippen molar-refractivity contribution in [3.05, 3.63) is 53.2 Å². The number of ether oxygens (including phenoxy) is 1. The second-order valence-electron chi connectivity index (χ2n) is 6.16. The fourth-order valence-electron chi connectivity index (χ4n) is 3.29. The first kappa shape index (κ1) is 17.0. The normalized spacial score (nSPS) is 27.0. The van der Waals surface area contributed by atoms with Crippen molar-refractivity contribution in [1.82, 2.24) is 4.98 Å². The number of aryl methyl sites for hydroxylation is 1. The molecule has 0 aliphatic carbocycles. The summed E-state index contributed by atoms with van der Waals surface area (Å²) in [5, 5.41) is 4.20. The molecule has 0 saturated carbocycles. The monoisotopic (exact) mass is 375 g/mol. The molecule has 1 aromatic heterocycles. The quantitative estimate of drug-likeness (QED) is 0.671. The summed E-state index contributed by atoms with van der Waals surface area (Å²) in [6.07, 6.45) is -9.27. The molecule has 2 aliphatic rings. The van der Waals surface area contributed by atoms with Crippen LogP contribution in [0.3, 0.4) is 0 Å². The molecule has 2 atom stereocenters. The third-order valence-corrected chi connectivity index (χ3v) is 4.45. The zero-order chi connectivity index (χ0) is 19.0. The van der Waals surface area contributed by atoms with Crippen molar-refractivity contribution in [2.45, 2.75) is 30.7 Å². The van der Waals surface area contributed by atoms with Gasteiger partial charge in [0.2, 0.25) is 0 Å². The van der Waals surface area contributed by atoms with Gasteiger partial charge in [0.15, 0.2) is 0 Å². The average Bonchev–Trinajstić information content (AvgIpc) is 2.53. The highest BCUT2D eigenvalue weighted by atomic mass is 19.4. The van der Waals surface area contributed by atoms with E-state index in [1.165, 1.54) is 25.1 Å². The number of halogens is 6. The molecular weight excluding hydrogens is 364 g/mol. The first-order valence-electron chi connectivity index (χ1n) is 7.47. The summed E-state index contributed by atoms with van der Waals surface area (Å²) in [6.45, 7) is 1.53. The van der Waals surface area contributed by atoms with Crippen molar-refractivity contribution in [3.63, 3.8) is 0 Å². The fraction of sp³-hybridized carbons (Fsp3) is 0.312. The van der Waals surface area contributed by atoms with Gasteiger partial charge in [0, 0.05) is 17.4 Å². The minimum atomic E-state index is -5.19. The predicted octanol–water partition coefficient (Wildman–Crippen LogP) is 4.39. The van der Waals surface area contributed by atoms with E-state index in [1.54, 1.807) is 0 Å². The van der Waals surface area contributed by atoms with E-state index in [1.807, 2.05) is 0 Å². The van der Waals surface area contributed by atoms with Gasteiger partial charge in [-0.2, -0.15) is 26.3 Å². The maximum atomic E-state index is 14.1. The molecule has 10 heteroatoms. The van der Waals surface area contributed by atoms with Crippen molar-refractivity contribution in [2.24, 2.45) is 0 Å². The summed E-state index contributed by atoms with van der Waals surface area (Å²) in [5.74, 6) is -0.548. The number of aromatic nitrogens is 1. The summed E-state index contributed by atoms with van der Waals surface area (Å²) < 4.78 is 89.0. The lowest BCUT2D eigenvalue weighted by Gasteiger charge is -2.54. The standard InChI is InChI=1S/C16H11F6N3O/c1-8-4-5-11-10(7-8)14(16(20,21)22)25-12-9(3-2-6-23-12)13(24-11,26-14)15(17,18)19/h2-7,24H,1H3,(H,23,25). The highest BCUT2D eigenvalue weighted by molar-refractivity contribution is 5.68. The second-order valence-corrected chi connectivity index (χ2v) is 6.16. The van der Waals surface area contributed by atoms with E-state index in [0.29, 0.717) is 5.56 Å². The Morgan fingerprint density at radius 1 is 0.923 bits per heavy atom. The average molecular weight is 375 g/mol.